The van der Waals surface area contributed by atoms with Crippen molar-refractivity contribution >= 4 is 17.6 Å². The first-order valence-electron chi connectivity index (χ1n) is 8.37. The first kappa shape index (κ1) is 16.7. The number of aromatic hydroxyl groups is 1. The SMILES string of the molecule is CN1C(=O)c2cc(C(=O)c3ccccc3O)cc(-c3ccccc3)c2C1=O. The zero-order valence-corrected chi connectivity index (χ0v) is 14.5. The molecule has 0 saturated carbocycles. The zero-order valence-electron chi connectivity index (χ0n) is 14.5. The minimum Gasteiger partial charge on any atom is -0.507 e. The number of carbonyl (C=O) groups is 3. The number of para-hydroxylation sites is 1. The van der Waals surface area contributed by atoms with Crippen LogP contribution in [0.1, 0.15) is 36.6 Å². The molecule has 132 valence electrons. The molecule has 3 aromatic rings. The van der Waals surface area contributed by atoms with Crippen molar-refractivity contribution in [2.75, 3.05) is 7.05 Å². The van der Waals surface area contributed by atoms with Gasteiger partial charge in [0.25, 0.3) is 11.8 Å². The van der Waals surface area contributed by atoms with Crippen molar-refractivity contribution < 1.29 is 19.5 Å². The van der Waals surface area contributed by atoms with E-state index in [1.54, 1.807) is 18.2 Å². The fraction of sp³-hybridized carbons (Fsp3) is 0.0455. The van der Waals surface area contributed by atoms with Crippen LogP contribution in [-0.2, 0) is 0 Å². The number of rotatable bonds is 3. The van der Waals surface area contributed by atoms with Gasteiger partial charge in [-0.1, -0.05) is 42.5 Å². The van der Waals surface area contributed by atoms with E-state index < -0.39 is 17.6 Å². The van der Waals surface area contributed by atoms with E-state index in [-0.39, 0.29) is 22.4 Å². The Morgan fingerprint density at radius 2 is 1.48 bits per heavy atom. The fourth-order valence-electron chi connectivity index (χ4n) is 3.28. The number of ketones is 1. The molecule has 2 amide bonds. The molecule has 0 unspecified atom stereocenters. The Bertz CT molecular complexity index is 1100. The third kappa shape index (κ3) is 2.60. The second kappa shape index (κ2) is 6.21. The summed E-state index contributed by atoms with van der Waals surface area (Å²) in [6.45, 7) is 0. The van der Waals surface area contributed by atoms with Crippen LogP contribution in [0.15, 0.2) is 66.7 Å². The summed E-state index contributed by atoms with van der Waals surface area (Å²) in [5.41, 5.74) is 2.13. The number of hydrogen-bond acceptors (Lipinski definition) is 4. The van der Waals surface area contributed by atoms with Crippen molar-refractivity contribution in [3.63, 3.8) is 0 Å². The predicted octanol–water partition coefficient (Wildman–Crippen LogP) is 3.52. The maximum atomic E-state index is 13.0. The summed E-state index contributed by atoms with van der Waals surface area (Å²) >= 11 is 0. The van der Waals surface area contributed by atoms with Crippen molar-refractivity contribution in [2.45, 2.75) is 0 Å². The van der Waals surface area contributed by atoms with Crippen LogP contribution < -0.4 is 0 Å². The molecule has 0 aromatic heterocycles. The molecule has 0 spiro atoms. The molecule has 1 aliphatic heterocycles. The van der Waals surface area contributed by atoms with E-state index in [4.69, 9.17) is 0 Å². The fourth-order valence-corrected chi connectivity index (χ4v) is 3.28. The van der Waals surface area contributed by atoms with E-state index in [1.807, 2.05) is 30.3 Å². The lowest BCUT2D eigenvalue weighted by atomic mass is 9.91. The summed E-state index contributed by atoms with van der Waals surface area (Å²) in [5, 5.41) is 10.0. The van der Waals surface area contributed by atoms with Crippen LogP contribution in [0.3, 0.4) is 0 Å². The molecule has 0 bridgehead atoms. The number of amides is 2. The van der Waals surface area contributed by atoms with Gasteiger partial charge >= 0.3 is 0 Å². The summed E-state index contributed by atoms with van der Waals surface area (Å²) in [5.74, 6) is -1.39. The van der Waals surface area contributed by atoms with E-state index in [9.17, 15) is 19.5 Å². The summed E-state index contributed by atoms with van der Waals surface area (Å²) < 4.78 is 0. The first-order chi connectivity index (χ1) is 13.0. The van der Waals surface area contributed by atoms with Crippen LogP contribution in [0.25, 0.3) is 11.1 Å². The van der Waals surface area contributed by atoms with Crippen LogP contribution in [-0.4, -0.2) is 34.7 Å². The molecule has 0 radical (unpaired) electrons. The number of nitrogens with zero attached hydrogens (tertiary/aromatic N) is 1. The molecule has 3 aromatic carbocycles. The van der Waals surface area contributed by atoms with Crippen molar-refractivity contribution in [2.24, 2.45) is 0 Å². The van der Waals surface area contributed by atoms with Crippen LogP contribution in [0, 0.1) is 0 Å². The summed E-state index contributed by atoms with van der Waals surface area (Å²) in [7, 11) is 1.42. The van der Waals surface area contributed by atoms with Gasteiger partial charge in [-0.2, -0.15) is 0 Å². The van der Waals surface area contributed by atoms with E-state index >= 15 is 0 Å². The molecule has 0 aliphatic carbocycles. The largest absolute Gasteiger partial charge is 0.507 e. The molecule has 0 saturated heterocycles. The van der Waals surface area contributed by atoms with Crippen molar-refractivity contribution in [3.05, 3.63) is 89.0 Å². The normalized spacial score (nSPS) is 13.0. The average molecular weight is 357 g/mol. The highest BCUT2D eigenvalue weighted by Gasteiger charge is 2.36. The van der Waals surface area contributed by atoms with Crippen LogP contribution in [0.5, 0.6) is 5.75 Å². The summed E-state index contributed by atoms with van der Waals surface area (Å²) in [6, 6.07) is 18.4. The lowest BCUT2D eigenvalue weighted by molar-refractivity contribution is 0.0693. The number of benzene rings is 3. The second-order valence-corrected chi connectivity index (χ2v) is 6.33. The Hall–Kier alpha value is -3.73. The van der Waals surface area contributed by atoms with Crippen molar-refractivity contribution in [1.29, 1.82) is 0 Å². The van der Waals surface area contributed by atoms with Gasteiger partial charge in [-0.25, -0.2) is 0 Å². The highest BCUT2D eigenvalue weighted by molar-refractivity contribution is 6.25. The number of hydrogen-bond donors (Lipinski definition) is 1. The first-order valence-corrected chi connectivity index (χ1v) is 8.37. The van der Waals surface area contributed by atoms with Gasteiger partial charge in [0, 0.05) is 12.6 Å². The minimum atomic E-state index is -0.445. The third-order valence-corrected chi connectivity index (χ3v) is 4.69. The number of imide groups is 1. The molecule has 0 atom stereocenters. The molecule has 0 fully saturated rings. The number of phenolic OH excluding ortho intramolecular Hbond substituents is 1. The van der Waals surface area contributed by atoms with E-state index in [0.717, 1.165) is 10.5 Å². The Labute approximate surface area is 155 Å². The van der Waals surface area contributed by atoms with Crippen molar-refractivity contribution in [1.82, 2.24) is 4.90 Å². The van der Waals surface area contributed by atoms with Crippen molar-refractivity contribution in [3.8, 4) is 16.9 Å². The minimum absolute atomic E-state index is 0.135. The van der Waals surface area contributed by atoms with Gasteiger partial charge in [0.2, 0.25) is 0 Å². The van der Waals surface area contributed by atoms with E-state index in [1.165, 1.54) is 25.2 Å². The topological polar surface area (TPSA) is 74.7 Å². The van der Waals surface area contributed by atoms with Gasteiger partial charge in [-0.3, -0.25) is 19.3 Å². The monoisotopic (exact) mass is 357 g/mol. The Morgan fingerprint density at radius 1 is 0.852 bits per heavy atom. The highest BCUT2D eigenvalue weighted by atomic mass is 16.3. The summed E-state index contributed by atoms with van der Waals surface area (Å²) in [6.07, 6.45) is 0. The van der Waals surface area contributed by atoms with E-state index in [0.29, 0.717) is 11.1 Å². The summed E-state index contributed by atoms with van der Waals surface area (Å²) in [4.78, 5) is 39.1. The smallest absolute Gasteiger partial charge is 0.261 e. The van der Waals surface area contributed by atoms with E-state index in [2.05, 4.69) is 0 Å². The number of carbonyl (C=O) groups excluding carboxylic acids is 3. The van der Waals surface area contributed by atoms with Gasteiger partial charge in [-0.05, 0) is 35.4 Å². The van der Waals surface area contributed by atoms with Gasteiger partial charge in [0.05, 0.1) is 16.7 Å². The molecule has 4 rings (SSSR count). The van der Waals surface area contributed by atoms with Crippen LogP contribution in [0.4, 0.5) is 0 Å². The molecule has 27 heavy (non-hydrogen) atoms. The molecule has 5 nitrogen and oxygen atoms in total. The Morgan fingerprint density at radius 3 is 2.19 bits per heavy atom. The molecule has 1 heterocycles. The quantitative estimate of drug-likeness (QED) is 0.575. The van der Waals surface area contributed by atoms with Gasteiger partial charge in [0.15, 0.2) is 5.78 Å². The number of fused-ring (bicyclic) bond motifs is 1. The standard InChI is InChI=1S/C22H15NO4/c1-23-21(26)17-12-14(20(25)15-9-5-6-10-18(15)24)11-16(19(17)22(23)27)13-7-3-2-4-8-13/h2-12,24H,1H3. The van der Waals surface area contributed by atoms with Gasteiger partial charge < -0.3 is 5.11 Å². The van der Waals surface area contributed by atoms with Gasteiger partial charge in [-0.15, -0.1) is 0 Å². The number of phenols is 1. The van der Waals surface area contributed by atoms with Gasteiger partial charge in [0.1, 0.15) is 5.75 Å². The second-order valence-electron chi connectivity index (χ2n) is 6.33. The van der Waals surface area contributed by atoms with Crippen LogP contribution in [0.2, 0.25) is 0 Å². The highest BCUT2D eigenvalue weighted by Crippen LogP contribution is 2.34. The maximum Gasteiger partial charge on any atom is 0.261 e. The molecule has 5 heteroatoms. The lowest BCUT2D eigenvalue weighted by Gasteiger charge is -2.10. The molecule has 1 aliphatic rings. The Kier molecular flexibility index (Phi) is 3.85. The molecular weight excluding hydrogens is 342 g/mol. The molecular formula is C22H15NO4. The maximum absolute atomic E-state index is 13.0. The predicted molar refractivity (Wildman–Crippen MR) is 99.8 cm³/mol. The average Bonchev–Trinajstić information content (AvgIpc) is 2.92. The third-order valence-electron chi connectivity index (χ3n) is 4.69. The Balaban J connectivity index is 1.96. The zero-order chi connectivity index (χ0) is 19.1. The molecule has 1 N–H and O–H groups in total. The van der Waals surface area contributed by atoms with Crippen LogP contribution >= 0.6 is 0 Å². The lowest BCUT2D eigenvalue weighted by Crippen LogP contribution is -2.24.